The average Bonchev–Trinajstić information content (AvgIpc) is 4.15. The number of nitrogens with zero attached hydrogens (tertiary/aromatic N) is 3. The molecular weight excluding hydrogens is 815 g/mol. The highest BCUT2D eigenvalue weighted by atomic mass is 16.5. The van der Waals surface area contributed by atoms with Crippen molar-refractivity contribution in [3.05, 3.63) is 107 Å². The number of nitrogens with one attached hydrogen (secondary N) is 4. The van der Waals surface area contributed by atoms with E-state index in [1.54, 1.807) is 7.11 Å². The van der Waals surface area contributed by atoms with Gasteiger partial charge in [0.1, 0.15) is 30.3 Å². The maximum atomic E-state index is 14.5. The number of H-pyrrole nitrogens is 2. The van der Waals surface area contributed by atoms with Crippen molar-refractivity contribution >= 4 is 24.0 Å². The molecule has 3 aromatic carbocycles. The van der Waals surface area contributed by atoms with Crippen molar-refractivity contribution in [2.75, 3.05) is 41.0 Å². The van der Waals surface area contributed by atoms with E-state index in [1.807, 2.05) is 60.2 Å². The standard InChI is InChI=1S/C49H55N7O8/c1-27(2)42(53-48(59)62-4)46(57)55-17-9-12-39(55)45-50-23-38(52-45)31-15-16-34-33(19-31)26-64-41-22-35-30(20-36(34)41)13-14-32-21-37(51-43(32)35)40-18-28(25-61-3)24-56(40)47(58)44(54-49(60)63-5)29-10-7-6-8-11-29/h6-8,10-11,15-16,19-23,27-28,39-40,42,44,51H,9,12-14,17-18,24-26H2,1-5H3,(H,50,52)(H,53,59)(H,54,60)/t28-,39-,40-,42-,44+/m0/s1. The minimum atomic E-state index is -0.913. The summed E-state index contributed by atoms with van der Waals surface area (Å²) in [5.41, 5.74) is 11.2. The molecule has 9 rings (SSSR count). The first-order valence-electron chi connectivity index (χ1n) is 22.1. The zero-order valence-corrected chi connectivity index (χ0v) is 36.9. The highest BCUT2D eigenvalue weighted by Crippen LogP contribution is 2.47. The number of benzene rings is 3. The van der Waals surface area contributed by atoms with E-state index in [0.717, 1.165) is 76.3 Å². The minimum absolute atomic E-state index is 0.117. The van der Waals surface area contributed by atoms with Gasteiger partial charge in [0, 0.05) is 48.6 Å². The zero-order chi connectivity index (χ0) is 44.6. The lowest BCUT2D eigenvalue weighted by molar-refractivity contribution is -0.136. The Morgan fingerprint density at radius 1 is 0.828 bits per heavy atom. The molecule has 2 fully saturated rings. The summed E-state index contributed by atoms with van der Waals surface area (Å²) in [5.74, 6) is 1.18. The second-order valence-corrected chi connectivity index (χ2v) is 17.6. The molecule has 5 aromatic rings. The fraction of sp³-hybridized carbons (Fsp3) is 0.408. The van der Waals surface area contributed by atoms with Crippen molar-refractivity contribution in [3.63, 3.8) is 0 Å². The predicted octanol–water partition coefficient (Wildman–Crippen LogP) is 7.41. The highest BCUT2D eigenvalue weighted by molar-refractivity contribution is 5.88. The molecule has 4 aliphatic rings. The minimum Gasteiger partial charge on any atom is -0.488 e. The Balaban J connectivity index is 0.955. The molecule has 1 aliphatic carbocycles. The number of alkyl carbamates (subject to hydrolysis) is 2. The number of carbonyl (C=O) groups is 4. The second kappa shape index (κ2) is 17.9. The van der Waals surface area contributed by atoms with Gasteiger partial charge in [0.25, 0.3) is 0 Å². The quantitative estimate of drug-likeness (QED) is 0.105. The van der Waals surface area contributed by atoms with E-state index in [9.17, 15) is 19.2 Å². The largest absolute Gasteiger partial charge is 0.488 e. The van der Waals surface area contributed by atoms with Crippen LogP contribution in [-0.4, -0.2) is 95.8 Å². The molecule has 0 bridgehead atoms. The van der Waals surface area contributed by atoms with Gasteiger partial charge in [-0.25, -0.2) is 14.6 Å². The van der Waals surface area contributed by atoms with E-state index in [-0.39, 0.29) is 35.7 Å². The van der Waals surface area contributed by atoms with Crippen LogP contribution in [0.3, 0.4) is 0 Å². The Morgan fingerprint density at radius 2 is 1.61 bits per heavy atom. The summed E-state index contributed by atoms with van der Waals surface area (Å²) in [4.78, 5) is 68.4. The van der Waals surface area contributed by atoms with Gasteiger partial charge in [-0.15, -0.1) is 0 Å². The summed E-state index contributed by atoms with van der Waals surface area (Å²) in [5, 5.41) is 5.49. The summed E-state index contributed by atoms with van der Waals surface area (Å²) in [7, 11) is 4.26. The van der Waals surface area contributed by atoms with Gasteiger partial charge >= 0.3 is 12.2 Å². The van der Waals surface area contributed by atoms with Crippen molar-refractivity contribution < 1.29 is 38.1 Å². The molecule has 2 saturated heterocycles. The van der Waals surface area contributed by atoms with Crippen LogP contribution in [0.25, 0.3) is 33.6 Å². The van der Waals surface area contributed by atoms with Gasteiger partial charge in [0.2, 0.25) is 11.8 Å². The van der Waals surface area contributed by atoms with Crippen molar-refractivity contribution in [1.29, 1.82) is 0 Å². The number of aromatic amines is 2. The normalized spacial score (nSPS) is 19.4. The van der Waals surface area contributed by atoms with Gasteiger partial charge < -0.3 is 49.3 Å². The number of hydrogen-bond acceptors (Lipinski definition) is 9. The van der Waals surface area contributed by atoms with Crippen molar-refractivity contribution in [1.82, 2.24) is 35.4 Å². The van der Waals surface area contributed by atoms with Gasteiger partial charge in [-0.1, -0.05) is 56.3 Å². The number of methoxy groups -OCH3 is 3. The number of fused-ring (bicyclic) bond motifs is 6. The summed E-state index contributed by atoms with van der Waals surface area (Å²) < 4.78 is 21.8. The number of likely N-dealkylation sites (tertiary alicyclic amines) is 2. The smallest absolute Gasteiger partial charge is 0.407 e. The molecule has 5 atom stereocenters. The molecular formula is C49H55N7O8. The molecule has 15 heteroatoms. The van der Waals surface area contributed by atoms with Crippen LogP contribution in [0, 0.1) is 11.8 Å². The number of amides is 4. The van der Waals surface area contributed by atoms with E-state index in [2.05, 4.69) is 57.0 Å². The zero-order valence-electron chi connectivity index (χ0n) is 36.9. The average molecular weight is 870 g/mol. The summed E-state index contributed by atoms with van der Waals surface area (Å²) in [6, 6.07) is 20.2. The Kier molecular flexibility index (Phi) is 11.9. The van der Waals surface area contributed by atoms with Crippen LogP contribution in [0.5, 0.6) is 5.75 Å². The number of aryl methyl sites for hydroxylation is 2. The van der Waals surface area contributed by atoms with Gasteiger partial charge in [0.05, 0.1) is 44.8 Å². The van der Waals surface area contributed by atoms with E-state index in [4.69, 9.17) is 23.9 Å². The van der Waals surface area contributed by atoms with E-state index in [0.29, 0.717) is 44.1 Å². The maximum absolute atomic E-state index is 14.5. The number of rotatable bonds is 11. The third-order valence-electron chi connectivity index (χ3n) is 13.2. The first-order chi connectivity index (χ1) is 31.0. The second-order valence-electron chi connectivity index (χ2n) is 17.6. The lowest BCUT2D eigenvalue weighted by Gasteiger charge is -2.30. The molecule has 0 saturated carbocycles. The Bertz CT molecular complexity index is 2570. The molecule has 15 nitrogen and oxygen atoms in total. The van der Waals surface area contributed by atoms with Crippen LogP contribution in [0.4, 0.5) is 9.59 Å². The van der Waals surface area contributed by atoms with Crippen LogP contribution in [0.15, 0.2) is 72.9 Å². The predicted molar refractivity (Wildman–Crippen MR) is 238 cm³/mol. The monoisotopic (exact) mass is 869 g/mol. The Hall–Kier alpha value is -6.61. The van der Waals surface area contributed by atoms with Crippen LogP contribution in [0.2, 0.25) is 0 Å². The highest BCUT2D eigenvalue weighted by Gasteiger charge is 2.42. The number of ether oxygens (including phenoxy) is 4. The lowest BCUT2D eigenvalue weighted by atomic mass is 9.85. The first kappa shape index (κ1) is 42.7. The van der Waals surface area contributed by atoms with Gasteiger partial charge in [-0.2, -0.15) is 0 Å². The lowest BCUT2D eigenvalue weighted by Crippen LogP contribution is -2.51. The topological polar surface area (TPSA) is 180 Å². The molecule has 0 radical (unpaired) electrons. The van der Waals surface area contributed by atoms with Crippen molar-refractivity contribution in [3.8, 4) is 39.4 Å². The van der Waals surface area contributed by atoms with E-state index in [1.165, 1.54) is 25.3 Å². The third kappa shape index (κ3) is 8.08. The fourth-order valence-corrected chi connectivity index (χ4v) is 10.0. The third-order valence-corrected chi connectivity index (χ3v) is 13.2. The molecule has 4 amide bonds. The number of aromatic nitrogens is 3. The van der Waals surface area contributed by atoms with Gasteiger partial charge in [-0.3, -0.25) is 9.59 Å². The van der Waals surface area contributed by atoms with Crippen molar-refractivity contribution in [2.24, 2.45) is 11.8 Å². The van der Waals surface area contributed by atoms with E-state index >= 15 is 0 Å². The van der Waals surface area contributed by atoms with Crippen LogP contribution >= 0.6 is 0 Å². The molecule has 4 N–H and O–H groups in total. The Morgan fingerprint density at radius 3 is 2.38 bits per heavy atom. The molecule has 0 spiro atoms. The molecule has 3 aliphatic heterocycles. The van der Waals surface area contributed by atoms with Gasteiger partial charge in [-0.05, 0) is 95.7 Å². The van der Waals surface area contributed by atoms with Crippen LogP contribution < -0.4 is 15.4 Å². The van der Waals surface area contributed by atoms with Crippen molar-refractivity contribution in [2.45, 2.75) is 76.7 Å². The van der Waals surface area contributed by atoms with Crippen LogP contribution in [-0.2, 0) is 43.2 Å². The molecule has 2 aromatic heterocycles. The first-order valence-corrected chi connectivity index (χ1v) is 22.1. The molecule has 64 heavy (non-hydrogen) atoms. The SMILES string of the molecule is COC[C@H]1C[C@@H](c2cc3c([nH]2)-c2cc4c(cc2CC3)-c2ccc(-c3cnc([C@@H]5CCCN5C(=O)[C@@H](NC(=O)OC)C(C)C)[nH]3)cc2CO4)N(C(=O)[C@H](NC(=O)OC)c2ccccc2)C1. The number of imidazole rings is 1. The molecule has 5 heterocycles. The summed E-state index contributed by atoms with van der Waals surface area (Å²) in [6.07, 6.45) is 4.54. The van der Waals surface area contributed by atoms with Crippen LogP contribution in [0.1, 0.15) is 85.0 Å². The number of carbonyl (C=O) groups excluding carboxylic acids is 4. The Labute approximate surface area is 372 Å². The number of hydrogen-bond donors (Lipinski definition) is 4. The summed E-state index contributed by atoms with van der Waals surface area (Å²) >= 11 is 0. The summed E-state index contributed by atoms with van der Waals surface area (Å²) in [6.45, 7) is 5.79. The maximum Gasteiger partial charge on any atom is 0.407 e. The molecule has 0 unspecified atom stereocenters. The molecule has 334 valence electrons. The van der Waals surface area contributed by atoms with E-state index < -0.39 is 24.3 Å². The van der Waals surface area contributed by atoms with Gasteiger partial charge in [0.15, 0.2) is 0 Å². The fourth-order valence-electron chi connectivity index (χ4n) is 10.0.